The third-order valence-electron chi connectivity index (χ3n) is 1.85. The number of rotatable bonds is 2. The van der Waals surface area contributed by atoms with E-state index in [1.807, 2.05) is 6.92 Å². The number of halogens is 3. The molecule has 1 aromatic carbocycles. The van der Waals surface area contributed by atoms with Crippen LogP contribution in [0.25, 0.3) is 0 Å². The van der Waals surface area contributed by atoms with Gasteiger partial charge in [-0.2, -0.15) is 0 Å². The maximum Gasteiger partial charge on any atom is 0.0642 e. The van der Waals surface area contributed by atoms with Crippen LogP contribution in [-0.4, -0.2) is 11.7 Å². The molecule has 0 aliphatic heterocycles. The first-order chi connectivity index (χ1) is 6.07. The van der Waals surface area contributed by atoms with E-state index >= 15 is 0 Å². The molecule has 13 heavy (non-hydrogen) atoms. The highest BCUT2D eigenvalue weighted by Gasteiger charge is 2.14. The SMILES string of the molecule is CC(CO)c1c(Cl)ccc(Cl)c1Cl. The van der Waals surface area contributed by atoms with Crippen molar-refractivity contribution < 1.29 is 5.11 Å². The van der Waals surface area contributed by atoms with Gasteiger partial charge in [0.25, 0.3) is 0 Å². The molecule has 0 saturated heterocycles. The van der Waals surface area contributed by atoms with Gasteiger partial charge in [0.1, 0.15) is 0 Å². The molecule has 0 heterocycles. The van der Waals surface area contributed by atoms with Gasteiger partial charge < -0.3 is 5.11 Å². The third kappa shape index (κ3) is 2.29. The molecule has 0 fully saturated rings. The summed E-state index contributed by atoms with van der Waals surface area (Å²) in [5.41, 5.74) is 0.707. The Morgan fingerprint density at radius 3 is 2.31 bits per heavy atom. The minimum Gasteiger partial charge on any atom is -0.396 e. The van der Waals surface area contributed by atoms with Gasteiger partial charge in [-0.15, -0.1) is 0 Å². The van der Waals surface area contributed by atoms with Crippen LogP contribution in [0.2, 0.25) is 15.1 Å². The molecule has 1 N–H and O–H groups in total. The van der Waals surface area contributed by atoms with Gasteiger partial charge in [-0.1, -0.05) is 41.7 Å². The quantitative estimate of drug-likeness (QED) is 0.780. The largest absolute Gasteiger partial charge is 0.396 e. The summed E-state index contributed by atoms with van der Waals surface area (Å²) < 4.78 is 0. The van der Waals surface area contributed by atoms with Gasteiger partial charge in [-0.05, 0) is 17.7 Å². The van der Waals surface area contributed by atoms with E-state index in [2.05, 4.69) is 0 Å². The molecule has 4 heteroatoms. The standard InChI is InChI=1S/C9H9Cl3O/c1-5(4-13)8-6(10)2-3-7(11)9(8)12/h2-3,5,13H,4H2,1H3. The maximum atomic E-state index is 8.97. The molecule has 0 aliphatic rings. The number of hydrogen-bond donors (Lipinski definition) is 1. The highest BCUT2D eigenvalue weighted by molar-refractivity contribution is 6.44. The molecular weight excluding hydrogens is 230 g/mol. The second-order valence-electron chi connectivity index (χ2n) is 2.84. The zero-order valence-corrected chi connectivity index (χ0v) is 9.29. The monoisotopic (exact) mass is 238 g/mol. The Kier molecular flexibility index (Phi) is 3.87. The van der Waals surface area contributed by atoms with Crippen molar-refractivity contribution in [2.24, 2.45) is 0 Å². The second kappa shape index (κ2) is 4.52. The zero-order chi connectivity index (χ0) is 10.0. The molecular formula is C9H9Cl3O. The molecule has 0 amide bonds. The molecule has 1 rings (SSSR count). The number of aliphatic hydroxyl groups excluding tert-OH is 1. The first kappa shape index (κ1) is 11.1. The molecule has 0 aliphatic carbocycles. The first-order valence-corrected chi connectivity index (χ1v) is 4.95. The highest BCUT2D eigenvalue weighted by atomic mass is 35.5. The molecule has 1 nitrogen and oxygen atoms in total. The Morgan fingerprint density at radius 1 is 1.23 bits per heavy atom. The van der Waals surface area contributed by atoms with Gasteiger partial charge in [-0.3, -0.25) is 0 Å². The molecule has 0 saturated carbocycles. The smallest absolute Gasteiger partial charge is 0.0642 e. The van der Waals surface area contributed by atoms with Crippen LogP contribution in [0.1, 0.15) is 18.4 Å². The summed E-state index contributed by atoms with van der Waals surface area (Å²) in [5.74, 6) is -0.0984. The Labute approximate surface area is 92.2 Å². The maximum absolute atomic E-state index is 8.97. The summed E-state index contributed by atoms with van der Waals surface area (Å²) >= 11 is 17.7. The van der Waals surface area contributed by atoms with Crippen LogP contribution in [0, 0.1) is 0 Å². The number of hydrogen-bond acceptors (Lipinski definition) is 1. The van der Waals surface area contributed by atoms with Crippen molar-refractivity contribution >= 4 is 34.8 Å². The fourth-order valence-corrected chi connectivity index (χ4v) is 1.99. The van der Waals surface area contributed by atoms with Gasteiger partial charge in [0.2, 0.25) is 0 Å². The van der Waals surface area contributed by atoms with Crippen molar-refractivity contribution in [3.05, 3.63) is 32.8 Å². The minimum absolute atomic E-state index is 0.000216. The topological polar surface area (TPSA) is 20.2 Å². The lowest BCUT2D eigenvalue weighted by molar-refractivity contribution is 0.273. The molecule has 1 unspecified atom stereocenters. The van der Waals surface area contributed by atoms with E-state index in [0.717, 1.165) is 0 Å². The van der Waals surface area contributed by atoms with E-state index in [1.54, 1.807) is 12.1 Å². The summed E-state index contributed by atoms with van der Waals surface area (Å²) in [5, 5.41) is 10.4. The number of aliphatic hydroxyl groups is 1. The Hall–Kier alpha value is 0.0500. The summed E-state index contributed by atoms with van der Waals surface area (Å²) in [6, 6.07) is 3.32. The summed E-state index contributed by atoms with van der Waals surface area (Å²) in [6.07, 6.45) is 0. The van der Waals surface area contributed by atoms with Crippen molar-refractivity contribution in [3.63, 3.8) is 0 Å². The van der Waals surface area contributed by atoms with E-state index in [9.17, 15) is 0 Å². The van der Waals surface area contributed by atoms with Crippen LogP contribution in [-0.2, 0) is 0 Å². The van der Waals surface area contributed by atoms with Crippen LogP contribution in [0.15, 0.2) is 12.1 Å². The summed E-state index contributed by atoms with van der Waals surface area (Å²) in [7, 11) is 0. The van der Waals surface area contributed by atoms with Gasteiger partial charge in [0, 0.05) is 17.5 Å². The number of benzene rings is 1. The van der Waals surface area contributed by atoms with Crippen molar-refractivity contribution in [2.45, 2.75) is 12.8 Å². The third-order valence-corrected chi connectivity index (χ3v) is 2.99. The van der Waals surface area contributed by atoms with Crippen LogP contribution < -0.4 is 0 Å². The predicted molar refractivity (Wildman–Crippen MR) is 57.0 cm³/mol. The average Bonchev–Trinajstić information content (AvgIpc) is 2.12. The summed E-state index contributed by atoms with van der Waals surface area (Å²) in [4.78, 5) is 0. The Balaban J connectivity index is 3.25. The Bertz CT molecular complexity index is 312. The van der Waals surface area contributed by atoms with Crippen molar-refractivity contribution in [2.75, 3.05) is 6.61 Å². The van der Waals surface area contributed by atoms with E-state index in [4.69, 9.17) is 39.9 Å². The lowest BCUT2D eigenvalue weighted by Gasteiger charge is -2.13. The van der Waals surface area contributed by atoms with Gasteiger partial charge in [-0.25, -0.2) is 0 Å². The van der Waals surface area contributed by atoms with Crippen LogP contribution >= 0.6 is 34.8 Å². The van der Waals surface area contributed by atoms with Crippen LogP contribution in [0.3, 0.4) is 0 Å². The normalized spacial score (nSPS) is 13.0. The molecule has 0 aromatic heterocycles. The fraction of sp³-hybridized carbons (Fsp3) is 0.333. The molecule has 0 bridgehead atoms. The van der Waals surface area contributed by atoms with Gasteiger partial charge in [0.15, 0.2) is 0 Å². The van der Waals surface area contributed by atoms with E-state index in [-0.39, 0.29) is 12.5 Å². The van der Waals surface area contributed by atoms with Crippen molar-refractivity contribution in [3.8, 4) is 0 Å². The zero-order valence-electron chi connectivity index (χ0n) is 7.02. The van der Waals surface area contributed by atoms with E-state index < -0.39 is 0 Å². The molecule has 0 spiro atoms. The van der Waals surface area contributed by atoms with Crippen molar-refractivity contribution in [1.29, 1.82) is 0 Å². The molecule has 1 atom stereocenters. The average molecular weight is 240 g/mol. The van der Waals surface area contributed by atoms with E-state index in [1.165, 1.54) is 0 Å². The Morgan fingerprint density at radius 2 is 1.77 bits per heavy atom. The van der Waals surface area contributed by atoms with Crippen molar-refractivity contribution in [1.82, 2.24) is 0 Å². The minimum atomic E-state index is -0.0984. The van der Waals surface area contributed by atoms with Gasteiger partial charge in [0.05, 0.1) is 10.0 Å². The molecule has 0 radical (unpaired) electrons. The van der Waals surface area contributed by atoms with E-state index in [0.29, 0.717) is 20.6 Å². The second-order valence-corrected chi connectivity index (χ2v) is 4.03. The summed E-state index contributed by atoms with van der Waals surface area (Å²) in [6.45, 7) is 1.84. The molecule has 72 valence electrons. The first-order valence-electron chi connectivity index (χ1n) is 3.82. The van der Waals surface area contributed by atoms with Gasteiger partial charge >= 0.3 is 0 Å². The fourth-order valence-electron chi connectivity index (χ4n) is 1.09. The van der Waals surface area contributed by atoms with Crippen LogP contribution in [0.4, 0.5) is 0 Å². The lowest BCUT2D eigenvalue weighted by Crippen LogP contribution is -2.00. The highest BCUT2D eigenvalue weighted by Crippen LogP contribution is 2.36. The van der Waals surface area contributed by atoms with Crippen LogP contribution in [0.5, 0.6) is 0 Å². The lowest BCUT2D eigenvalue weighted by atomic mass is 10.0. The predicted octanol–water partition coefficient (Wildman–Crippen LogP) is 3.74. The molecule has 1 aromatic rings.